The van der Waals surface area contributed by atoms with Crippen LogP contribution in [0.5, 0.6) is 0 Å². The molecular formula is C13H23ClN2OS. The van der Waals surface area contributed by atoms with E-state index in [4.69, 9.17) is 0 Å². The van der Waals surface area contributed by atoms with E-state index in [0.717, 1.165) is 36.9 Å². The van der Waals surface area contributed by atoms with Gasteiger partial charge in [-0.05, 0) is 32.2 Å². The van der Waals surface area contributed by atoms with Crippen LogP contribution in [0.1, 0.15) is 38.5 Å². The van der Waals surface area contributed by atoms with Crippen molar-refractivity contribution < 1.29 is 4.79 Å². The molecule has 1 aliphatic carbocycles. The topological polar surface area (TPSA) is 32.3 Å². The van der Waals surface area contributed by atoms with Crippen molar-refractivity contribution in [2.75, 3.05) is 18.8 Å². The molecule has 3 rings (SSSR count). The van der Waals surface area contributed by atoms with Gasteiger partial charge in [-0.3, -0.25) is 4.79 Å². The maximum absolute atomic E-state index is 12.5. The molecule has 3 atom stereocenters. The summed E-state index contributed by atoms with van der Waals surface area (Å²) in [6.07, 6.45) is 7.42. The minimum Gasteiger partial charge on any atom is -0.336 e. The van der Waals surface area contributed by atoms with Crippen molar-refractivity contribution in [1.82, 2.24) is 10.2 Å². The maximum Gasteiger partial charge on any atom is 0.240 e. The smallest absolute Gasteiger partial charge is 0.240 e. The number of hydrogen-bond donors (Lipinski definition) is 1. The molecular weight excluding hydrogens is 268 g/mol. The summed E-state index contributed by atoms with van der Waals surface area (Å²) in [4.78, 5) is 14.7. The van der Waals surface area contributed by atoms with E-state index in [1.807, 2.05) is 0 Å². The van der Waals surface area contributed by atoms with Crippen LogP contribution >= 0.6 is 24.2 Å². The molecule has 3 nitrogen and oxygen atoms in total. The molecule has 3 aliphatic rings. The predicted octanol–water partition coefficient (Wildman–Crippen LogP) is 2.05. The molecule has 0 bridgehead atoms. The number of nitrogens with zero attached hydrogens (tertiary/aromatic N) is 1. The summed E-state index contributed by atoms with van der Waals surface area (Å²) in [5.41, 5.74) is 0. The summed E-state index contributed by atoms with van der Waals surface area (Å²) in [6, 6.07) is 0.665. The molecule has 18 heavy (non-hydrogen) atoms. The van der Waals surface area contributed by atoms with Crippen molar-refractivity contribution in [1.29, 1.82) is 0 Å². The maximum atomic E-state index is 12.5. The van der Waals surface area contributed by atoms with Crippen LogP contribution in [0.3, 0.4) is 0 Å². The summed E-state index contributed by atoms with van der Waals surface area (Å²) in [5, 5.41) is 4.08. The fraction of sp³-hybridized carbons (Fsp3) is 0.923. The third kappa shape index (κ3) is 2.81. The standard InChI is InChI=1S/C13H22N2OS.ClH/c16-13(10-4-3-7-14-10)15-8-9-17-12-6-2-1-5-11(12)15;/h10-12,14H,1-9H2;1H. The zero-order valence-electron chi connectivity index (χ0n) is 10.8. The van der Waals surface area contributed by atoms with Gasteiger partial charge in [0.2, 0.25) is 5.91 Å². The van der Waals surface area contributed by atoms with Gasteiger partial charge >= 0.3 is 0 Å². The van der Waals surface area contributed by atoms with Gasteiger partial charge in [0.15, 0.2) is 0 Å². The molecule has 3 fully saturated rings. The molecule has 0 spiro atoms. The van der Waals surface area contributed by atoms with E-state index >= 15 is 0 Å². The third-order valence-electron chi connectivity index (χ3n) is 4.37. The van der Waals surface area contributed by atoms with Crippen molar-refractivity contribution in [3.05, 3.63) is 0 Å². The molecule has 0 aromatic carbocycles. The molecule has 0 radical (unpaired) electrons. The molecule has 104 valence electrons. The highest BCUT2D eigenvalue weighted by Crippen LogP contribution is 2.36. The first-order chi connectivity index (χ1) is 8.36. The number of rotatable bonds is 1. The van der Waals surface area contributed by atoms with Gasteiger partial charge in [-0.2, -0.15) is 11.8 Å². The lowest BCUT2D eigenvalue weighted by atomic mass is 9.92. The number of thioether (sulfide) groups is 1. The number of amides is 1. The van der Waals surface area contributed by atoms with Crippen LogP contribution in [-0.4, -0.2) is 47.0 Å². The fourth-order valence-electron chi connectivity index (χ4n) is 3.47. The molecule has 0 aromatic heterocycles. The van der Waals surface area contributed by atoms with E-state index in [2.05, 4.69) is 22.0 Å². The number of fused-ring (bicyclic) bond motifs is 1. The molecule has 1 saturated carbocycles. The molecule has 0 aromatic rings. The molecule has 2 saturated heterocycles. The Bertz CT molecular complexity index is 295. The van der Waals surface area contributed by atoms with Gasteiger partial charge in [-0.1, -0.05) is 12.8 Å². The Balaban J connectivity index is 0.00000120. The molecule has 2 aliphatic heterocycles. The minimum absolute atomic E-state index is 0. The van der Waals surface area contributed by atoms with E-state index in [0.29, 0.717) is 11.9 Å². The van der Waals surface area contributed by atoms with Gasteiger partial charge in [0.05, 0.1) is 6.04 Å². The molecule has 1 amide bonds. The first kappa shape index (κ1) is 14.5. The lowest BCUT2D eigenvalue weighted by Crippen LogP contribution is -2.55. The SMILES string of the molecule is Cl.O=C(C1CCCN1)N1CCSC2CCCCC21. The lowest BCUT2D eigenvalue weighted by molar-refractivity contribution is -0.135. The van der Waals surface area contributed by atoms with Crippen LogP contribution in [-0.2, 0) is 4.79 Å². The van der Waals surface area contributed by atoms with Crippen LogP contribution < -0.4 is 5.32 Å². The quantitative estimate of drug-likeness (QED) is 0.802. The Morgan fingerprint density at radius 1 is 1.17 bits per heavy atom. The van der Waals surface area contributed by atoms with Crippen LogP contribution in [0, 0.1) is 0 Å². The molecule has 2 heterocycles. The number of halogens is 1. The average molecular weight is 291 g/mol. The van der Waals surface area contributed by atoms with Crippen molar-refractivity contribution in [2.24, 2.45) is 0 Å². The highest BCUT2D eigenvalue weighted by atomic mass is 35.5. The van der Waals surface area contributed by atoms with Gasteiger partial charge in [-0.25, -0.2) is 0 Å². The van der Waals surface area contributed by atoms with Crippen LogP contribution in [0.15, 0.2) is 0 Å². The molecule has 1 N–H and O–H groups in total. The number of hydrogen-bond acceptors (Lipinski definition) is 3. The second-order valence-electron chi connectivity index (χ2n) is 5.44. The van der Waals surface area contributed by atoms with E-state index < -0.39 is 0 Å². The zero-order chi connectivity index (χ0) is 11.7. The average Bonchev–Trinajstić information content (AvgIpc) is 2.91. The Kier molecular flexibility index (Phi) is 5.22. The van der Waals surface area contributed by atoms with Crippen molar-refractivity contribution in [3.8, 4) is 0 Å². The van der Waals surface area contributed by atoms with Crippen molar-refractivity contribution in [3.63, 3.8) is 0 Å². The van der Waals surface area contributed by atoms with Gasteiger partial charge in [0.1, 0.15) is 0 Å². The van der Waals surface area contributed by atoms with Crippen LogP contribution in [0.25, 0.3) is 0 Å². The summed E-state index contributed by atoms with van der Waals surface area (Å²) in [6.45, 7) is 2.00. The van der Waals surface area contributed by atoms with Gasteiger partial charge < -0.3 is 10.2 Å². The second kappa shape index (κ2) is 6.49. The molecule has 3 unspecified atom stereocenters. The summed E-state index contributed by atoms with van der Waals surface area (Å²) >= 11 is 2.10. The Labute approximate surface area is 120 Å². The summed E-state index contributed by atoms with van der Waals surface area (Å²) in [7, 11) is 0. The van der Waals surface area contributed by atoms with Gasteiger partial charge in [0, 0.05) is 23.6 Å². The van der Waals surface area contributed by atoms with E-state index in [1.165, 1.54) is 25.7 Å². The van der Waals surface area contributed by atoms with E-state index in [-0.39, 0.29) is 18.4 Å². The first-order valence-electron chi connectivity index (χ1n) is 7.02. The van der Waals surface area contributed by atoms with Crippen molar-refractivity contribution in [2.45, 2.75) is 55.9 Å². The highest BCUT2D eigenvalue weighted by Gasteiger charge is 2.38. The van der Waals surface area contributed by atoms with E-state index in [1.54, 1.807) is 0 Å². The van der Waals surface area contributed by atoms with Gasteiger partial charge in [0.25, 0.3) is 0 Å². The third-order valence-corrected chi connectivity index (χ3v) is 5.77. The first-order valence-corrected chi connectivity index (χ1v) is 8.06. The number of carbonyl (C=O) groups excluding carboxylic acids is 1. The van der Waals surface area contributed by atoms with Crippen molar-refractivity contribution >= 4 is 30.1 Å². The minimum atomic E-state index is 0. The summed E-state index contributed by atoms with van der Waals surface area (Å²) < 4.78 is 0. The largest absolute Gasteiger partial charge is 0.336 e. The number of carbonyl (C=O) groups is 1. The Hall–Kier alpha value is 0.0700. The number of nitrogens with one attached hydrogen (secondary N) is 1. The van der Waals surface area contributed by atoms with Gasteiger partial charge in [-0.15, -0.1) is 12.4 Å². The Morgan fingerprint density at radius 3 is 2.78 bits per heavy atom. The predicted molar refractivity (Wildman–Crippen MR) is 78.5 cm³/mol. The molecule has 5 heteroatoms. The highest BCUT2D eigenvalue weighted by molar-refractivity contribution is 8.00. The zero-order valence-corrected chi connectivity index (χ0v) is 12.4. The fourth-order valence-corrected chi connectivity index (χ4v) is 4.91. The van der Waals surface area contributed by atoms with Crippen LogP contribution in [0.4, 0.5) is 0 Å². The normalized spacial score (nSPS) is 35.8. The summed E-state index contributed by atoms with van der Waals surface area (Å²) in [5.74, 6) is 1.53. The van der Waals surface area contributed by atoms with Crippen LogP contribution in [0.2, 0.25) is 0 Å². The monoisotopic (exact) mass is 290 g/mol. The second-order valence-corrected chi connectivity index (χ2v) is 6.79. The Morgan fingerprint density at radius 2 is 2.00 bits per heavy atom. The lowest BCUT2D eigenvalue weighted by Gasteiger charge is -2.44. The van der Waals surface area contributed by atoms with E-state index in [9.17, 15) is 4.79 Å².